The van der Waals surface area contributed by atoms with Gasteiger partial charge in [0, 0.05) is 41.8 Å². The minimum absolute atomic E-state index is 0.0192. The van der Waals surface area contributed by atoms with Gasteiger partial charge in [-0.15, -0.1) is 0 Å². The third kappa shape index (κ3) is 3.14. The first kappa shape index (κ1) is 18.5. The SMILES string of the molecule is CC(C)(C)c1cc(-c2ccc[nH]c2=O)cc2c(C(=O)N3CCC(N)C3)coc12. The second kappa shape index (κ2) is 6.63. The van der Waals surface area contributed by atoms with Crippen molar-refractivity contribution in [3.63, 3.8) is 0 Å². The van der Waals surface area contributed by atoms with E-state index < -0.39 is 0 Å². The molecule has 28 heavy (non-hydrogen) atoms. The van der Waals surface area contributed by atoms with E-state index in [0.29, 0.717) is 29.8 Å². The molecule has 1 fully saturated rings. The Bertz CT molecular complexity index is 1100. The maximum atomic E-state index is 13.1. The van der Waals surface area contributed by atoms with E-state index >= 15 is 0 Å². The van der Waals surface area contributed by atoms with Crippen molar-refractivity contribution >= 4 is 16.9 Å². The molecule has 0 saturated carbocycles. The highest BCUT2D eigenvalue weighted by Crippen LogP contribution is 2.37. The zero-order valence-electron chi connectivity index (χ0n) is 16.4. The van der Waals surface area contributed by atoms with Crippen LogP contribution >= 0.6 is 0 Å². The number of hydrogen-bond donors (Lipinski definition) is 2. The largest absolute Gasteiger partial charge is 0.463 e. The van der Waals surface area contributed by atoms with Gasteiger partial charge in [-0.05, 0) is 41.7 Å². The van der Waals surface area contributed by atoms with Crippen LogP contribution in [0.2, 0.25) is 0 Å². The summed E-state index contributed by atoms with van der Waals surface area (Å²) in [5, 5.41) is 0.733. The molecule has 1 saturated heterocycles. The number of furan rings is 1. The lowest BCUT2D eigenvalue weighted by Crippen LogP contribution is -2.31. The summed E-state index contributed by atoms with van der Waals surface area (Å²) in [5.41, 5.74) is 9.09. The van der Waals surface area contributed by atoms with Crippen molar-refractivity contribution in [2.45, 2.75) is 38.6 Å². The second-order valence-corrected chi connectivity index (χ2v) is 8.51. The van der Waals surface area contributed by atoms with Crippen LogP contribution in [-0.4, -0.2) is 34.9 Å². The van der Waals surface area contributed by atoms with Crippen LogP contribution in [0.3, 0.4) is 0 Å². The zero-order valence-corrected chi connectivity index (χ0v) is 16.4. The van der Waals surface area contributed by atoms with Gasteiger partial charge in [-0.3, -0.25) is 9.59 Å². The third-order valence-corrected chi connectivity index (χ3v) is 5.35. The Balaban J connectivity index is 1.92. The smallest absolute Gasteiger partial charge is 0.257 e. The average molecular weight is 379 g/mol. The topological polar surface area (TPSA) is 92.3 Å². The van der Waals surface area contributed by atoms with E-state index in [4.69, 9.17) is 10.2 Å². The first-order chi connectivity index (χ1) is 13.3. The van der Waals surface area contributed by atoms with Gasteiger partial charge in [0.05, 0.1) is 5.56 Å². The molecule has 146 valence electrons. The Kier molecular flexibility index (Phi) is 4.38. The van der Waals surface area contributed by atoms with Crippen LogP contribution < -0.4 is 11.3 Å². The summed E-state index contributed by atoms with van der Waals surface area (Å²) in [7, 11) is 0. The number of nitrogens with zero attached hydrogens (tertiary/aromatic N) is 1. The van der Waals surface area contributed by atoms with Crippen molar-refractivity contribution in [2.75, 3.05) is 13.1 Å². The van der Waals surface area contributed by atoms with Gasteiger partial charge >= 0.3 is 0 Å². The fraction of sp³-hybridized carbons (Fsp3) is 0.364. The molecule has 2 aromatic heterocycles. The summed E-state index contributed by atoms with van der Waals surface area (Å²) in [4.78, 5) is 29.9. The molecule has 4 rings (SSSR count). The van der Waals surface area contributed by atoms with E-state index in [1.165, 1.54) is 6.26 Å². The van der Waals surface area contributed by atoms with E-state index in [-0.39, 0.29) is 22.9 Å². The van der Waals surface area contributed by atoms with Crippen LogP contribution in [0.4, 0.5) is 0 Å². The predicted molar refractivity (Wildman–Crippen MR) is 109 cm³/mol. The molecule has 1 aliphatic rings. The molecule has 0 aliphatic carbocycles. The Morgan fingerprint density at radius 2 is 2.11 bits per heavy atom. The Morgan fingerprint density at radius 1 is 1.32 bits per heavy atom. The number of rotatable bonds is 2. The van der Waals surface area contributed by atoms with Gasteiger partial charge in [0.15, 0.2) is 0 Å². The second-order valence-electron chi connectivity index (χ2n) is 8.51. The monoisotopic (exact) mass is 379 g/mol. The van der Waals surface area contributed by atoms with Gasteiger partial charge in [0.2, 0.25) is 0 Å². The van der Waals surface area contributed by atoms with Crippen molar-refractivity contribution in [2.24, 2.45) is 5.73 Å². The number of nitrogens with two attached hydrogens (primary N) is 1. The number of benzene rings is 1. The number of fused-ring (bicyclic) bond motifs is 1. The first-order valence-electron chi connectivity index (χ1n) is 9.54. The standard InChI is InChI=1S/C22H25N3O3/c1-22(2,3)18-10-13(15-5-4-7-24-20(15)26)9-16-17(12-28-19(16)18)21(27)25-8-6-14(23)11-25/h4-5,7,9-10,12,14H,6,8,11,23H2,1-3H3,(H,24,26). The predicted octanol–water partition coefficient (Wildman–Crippen LogP) is 3.26. The normalized spacial score (nSPS) is 17.4. The molecule has 1 amide bonds. The quantitative estimate of drug-likeness (QED) is 0.715. The van der Waals surface area contributed by atoms with E-state index in [9.17, 15) is 9.59 Å². The zero-order chi connectivity index (χ0) is 20.1. The fourth-order valence-corrected chi connectivity index (χ4v) is 3.81. The summed E-state index contributed by atoms with van der Waals surface area (Å²) in [6.07, 6.45) is 3.95. The van der Waals surface area contributed by atoms with Crippen LogP contribution in [0.15, 0.2) is 45.9 Å². The van der Waals surface area contributed by atoms with Crippen LogP contribution in [0.25, 0.3) is 22.1 Å². The van der Waals surface area contributed by atoms with Gasteiger partial charge in [0.1, 0.15) is 11.8 Å². The summed E-state index contributed by atoms with van der Waals surface area (Å²) >= 11 is 0. The van der Waals surface area contributed by atoms with E-state index in [0.717, 1.165) is 22.9 Å². The summed E-state index contributed by atoms with van der Waals surface area (Å²) in [6.45, 7) is 7.46. The van der Waals surface area contributed by atoms with Crippen LogP contribution in [0.5, 0.6) is 0 Å². The number of hydrogen-bond acceptors (Lipinski definition) is 4. The van der Waals surface area contributed by atoms with Crippen LogP contribution in [-0.2, 0) is 5.41 Å². The minimum atomic E-state index is -0.218. The molecule has 1 unspecified atom stereocenters. The van der Waals surface area contributed by atoms with Crippen molar-refractivity contribution in [1.29, 1.82) is 0 Å². The number of carbonyl (C=O) groups is 1. The van der Waals surface area contributed by atoms with Crippen LogP contribution in [0.1, 0.15) is 43.1 Å². The van der Waals surface area contributed by atoms with Gasteiger partial charge in [0.25, 0.3) is 11.5 Å². The molecule has 0 radical (unpaired) electrons. The van der Waals surface area contributed by atoms with Gasteiger partial charge in [-0.2, -0.15) is 0 Å². The van der Waals surface area contributed by atoms with E-state index in [1.807, 2.05) is 12.1 Å². The average Bonchev–Trinajstić information content (AvgIpc) is 3.26. The number of aromatic amines is 1. The maximum absolute atomic E-state index is 13.1. The molecule has 3 N–H and O–H groups in total. The summed E-state index contributed by atoms with van der Waals surface area (Å²) in [5.74, 6) is -0.0781. The van der Waals surface area contributed by atoms with Crippen LogP contribution in [0, 0.1) is 0 Å². The maximum Gasteiger partial charge on any atom is 0.257 e. The Morgan fingerprint density at radius 3 is 2.75 bits per heavy atom. The molecule has 3 aromatic rings. The number of H-pyrrole nitrogens is 1. The number of carbonyl (C=O) groups excluding carboxylic acids is 1. The molecule has 0 spiro atoms. The molecule has 6 heteroatoms. The molecule has 1 atom stereocenters. The highest BCUT2D eigenvalue weighted by molar-refractivity contribution is 6.07. The fourth-order valence-electron chi connectivity index (χ4n) is 3.81. The number of likely N-dealkylation sites (tertiary alicyclic amines) is 1. The van der Waals surface area contributed by atoms with Gasteiger partial charge in [-0.25, -0.2) is 0 Å². The molecule has 3 heterocycles. The number of aromatic nitrogens is 1. The third-order valence-electron chi connectivity index (χ3n) is 5.35. The number of nitrogens with one attached hydrogen (secondary N) is 1. The molecular weight excluding hydrogens is 354 g/mol. The molecule has 6 nitrogen and oxygen atoms in total. The van der Waals surface area contributed by atoms with E-state index in [2.05, 4.69) is 25.8 Å². The molecule has 1 aromatic carbocycles. The molecule has 1 aliphatic heterocycles. The Hall–Kier alpha value is -2.86. The molecule has 0 bridgehead atoms. The number of pyridine rings is 1. The highest BCUT2D eigenvalue weighted by Gasteiger charge is 2.29. The molecular formula is C22H25N3O3. The summed E-state index contributed by atoms with van der Waals surface area (Å²) < 4.78 is 5.87. The highest BCUT2D eigenvalue weighted by atomic mass is 16.3. The lowest BCUT2D eigenvalue weighted by molar-refractivity contribution is 0.0792. The van der Waals surface area contributed by atoms with Crippen molar-refractivity contribution in [3.8, 4) is 11.1 Å². The first-order valence-corrected chi connectivity index (χ1v) is 9.54. The lowest BCUT2D eigenvalue weighted by Gasteiger charge is -2.21. The minimum Gasteiger partial charge on any atom is -0.463 e. The van der Waals surface area contributed by atoms with Gasteiger partial charge in [-0.1, -0.05) is 20.8 Å². The van der Waals surface area contributed by atoms with Crippen molar-refractivity contribution in [3.05, 3.63) is 58.2 Å². The lowest BCUT2D eigenvalue weighted by atomic mass is 9.84. The van der Waals surface area contributed by atoms with Crippen molar-refractivity contribution < 1.29 is 9.21 Å². The summed E-state index contributed by atoms with van der Waals surface area (Å²) in [6, 6.07) is 7.46. The van der Waals surface area contributed by atoms with E-state index in [1.54, 1.807) is 23.2 Å². The van der Waals surface area contributed by atoms with Gasteiger partial charge < -0.3 is 20.0 Å². The Labute approximate surface area is 163 Å². The number of amides is 1. The van der Waals surface area contributed by atoms with Crippen molar-refractivity contribution in [1.82, 2.24) is 9.88 Å².